The molecule has 0 aromatic heterocycles. The topological polar surface area (TPSA) is 54.4 Å². The molecule has 0 spiro atoms. The molecule has 31 heavy (non-hydrogen) atoms. The highest BCUT2D eigenvalue weighted by Gasteiger charge is 2.15. The maximum Gasteiger partial charge on any atom is 0.335 e. The molecule has 154 valence electrons. The number of rotatable bonds is 7. The Hall–Kier alpha value is -3.72. The van der Waals surface area contributed by atoms with Gasteiger partial charge < -0.3 is 5.11 Å². The second-order valence-electron chi connectivity index (χ2n) is 7.80. The largest absolute Gasteiger partial charge is 0.478 e. The third-order valence-electron chi connectivity index (χ3n) is 5.64. The van der Waals surface area contributed by atoms with Crippen LogP contribution in [0.2, 0.25) is 0 Å². The van der Waals surface area contributed by atoms with Crippen LogP contribution in [0.3, 0.4) is 0 Å². The Morgan fingerprint density at radius 3 is 1.81 bits per heavy atom. The van der Waals surface area contributed by atoms with Gasteiger partial charge in [0.2, 0.25) is 0 Å². The molecular formula is C28H24O3. The molecule has 0 bridgehead atoms. The fourth-order valence-electron chi connectivity index (χ4n) is 3.88. The summed E-state index contributed by atoms with van der Waals surface area (Å²) in [6.07, 6.45) is 1.40. The van der Waals surface area contributed by atoms with Gasteiger partial charge in [0, 0.05) is 12.8 Å². The first-order valence-electron chi connectivity index (χ1n) is 10.5. The van der Waals surface area contributed by atoms with E-state index < -0.39 is 5.97 Å². The molecule has 0 radical (unpaired) electrons. The quantitative estimate of drug-likeness (QED) is 0.401. The fourth-order valence-corrected chi connectivity index (χ4v) is 3.88. The fraction of sp³-hybridized carbons (Fsp3) is 0.143. The Bertz CT molecular complexity index is 1240. The summed E-state index contributed by atoms with van der Waals surface area (Å²) < 4.78 is 0. The van der Waals surface area contributed by atoms with E-state index in [-0.39, 0.29) is 24.2 Å². The predicted molar refractivity (Wildman–Crippen MR) is 125 cm³/mol. The van der Waals surface area contributed by atoms with Crippen molar-refractivity contribution in [1.29, 1.82) is 0 Å². The normalized spacial score (nSPS) is 10.9. The average molecular weight is 408 g/mol. The zero-order valence-electron chi connectivity index (χ0n) is 17.5. The van der Waals surface area contributed by atoms with Crippen molar-refractivity contribution in [1.82, 2.24) is 0 Å². The summed E-state index contributed by atoms with van der Waals surface area (Å²) in [4.78, 5) is 24.4. The minimum absolute atomic E-state index is 0.00201. The van der Waals surface area contributed by atoms with E-state index in [1.54, 1.807) is 6.07 Å². The number of fused-ring (bicyclic) bond motifs is 1. The highest BCUT2D eigenvalue weighted by Crippen LogP contribution is 2.23. The van der Waals surface area contributed by atoms with E-state index in [2.05, 4.69) is 31.2 Å². The predicted octanol–water partition coefficient (Wildman–Crippen LogP) is 6.12. The van der Waals surface area contributed by atoms with Gasteiger partial charge in [0.1, 0.15) is 5.78 Å². The van der Waals surface area contributed by atoms with Gasteiger partial charge in [0.05, 0.1) is 5.56 Å². The number of carboxylic acids is 1. The Morgan fingerprint density at radius 1 is 0.710 bits per heavy atom. The van der Waals surface area contributed by atoms with Crippen molar-refractivity contribution in [3.05, 3.63) is 107 Å². The number of benzene rings is 4. The second-order valence-corrected chi connectivity index (χ2v) is 7.80. The first-order valence-corrected chi connectivity index (χ1v) is 10.5. The highest BCUT2D eigenvalue weighted by atomic mass is 16.4. The Kier molecular flexibility index (Phi) is 5.94. The highest BCUT2D eigenvalue weighted by molar-refractivity contribution is 5.98. The zero-order chi connectivity index (χ0) is 21.8. The van der Waals surface area contributed by atoms with Gasteiger partial charge in [-0.05, 0) is 57.1 Å². The van der Waals surface area contributed by atoms with E-state index in [0.717, 1.165) is 33.9 Å². The molecule has 1 N–H and O–H groups in total. The number of carbonyl (C=O) groups excluding carboxylic acids is 1. The summed E-state index contributed by atoms with van der Waals surface area (Å²) in [5, 5.41) is 11.4. The Balaban J connectivity index is 1.49. The van der Waals surface area contributed by atoms with Crippen LogP contribution < -0.4 is 0 Å². The van der Waals surface area contributed by atoms with Gasteiger partial charge in [-0.3, -0.25) is 4.79 Å². The number of hydrogen-bond acceptors (Lipinski definition) is 2. The lowest BCUT2D eigenvalue weighted by molar-refractivity contribution is -0.117. The van der Waals surface area contributed by atoms with Crippen LogP contribution in [-0.2, 0) is 24.1 Å². The van der Waals surface area contributed by atoms with Crippen LogP contribution in [0.15, 0.2) is 84.9 Å². The van der Waals surface area contributed by atoms with Crippen molar-refractivity contribution in [2.24, 2.45) is 0 Å². The van der Waals surface area contributed by atoms with Gasteiger partial charge in [0.15, 0.2) is 0 Å². The standard InChI is InChI=1S/C28H24O3/c1-2-19-7-11-21(12-8-19)22-13-9-20(10-14-22)15-26(29)17-25-16-23-5-3-4-6-24(23)18-27(25)28(30)31/h3-14,16,18H,2,15,17H2,1H3,(H,30,31). The molecule has 0 atom stereocenters. The van der Waals surface area contributed by atoms with Crippen LogP contribution >= 0.6 is 0 Å². The maximum atomic E-state index is 12.7. The van der Waals surface area contributed by atoms with Gasteiger partial charge in [-0.2, -0.15) is 0 Å². The molecule has 0 aliphatic rings. The molecule has 0 unspecified atom stereocenters. The number of Topliss-reactive ketones (excluding diaryl/α,β-unsaturated/α-hetero) is 1. The Labute approximate surface area is 182 Å². The maximum absolute atomic E-state index is 12.7. The van der Waals surface area contributed by atoms with Crippen LogP contribution in [0.25, 0.3) is 21.9 Å². The number of carboxylic acid groups (broad SMARTS) is 1. The molecule has 3 heteroatoms. The van der Waals surface area contributed by atoms with Gasteiger partial charge >= 0.3 is 5.97 Å². The molecular weight excluding hydrogens is 384 g/mol. The zero-order valence-corrected chi connectivity index (χ0v) is 17.5. The molecule has 4 rings (SSSR count). The van der Waals surface area contributed by atoms with Crippen molar-refractivity contribution in [3.8, 4) is 11.1 Å². The molecule has 0 saturated carbocycles. The van der Waals surface area contributed by atoms with Crippen LogP contribution in [0.4, 0.5) is 0 Å². The molecule has 0 aliphatic heterocycles. The minimum Gasteiger partial charge on any atom is -0.478 e. The number of aromatic carboxylic acids is 1. The smallest absolute Gasteiger partial charge is 0.335 e. The first-order chi connectivity index (χ1) is 15.0. The van der Waals surface area contributed by atoms with Gasteiger partial charge in [-0.25, -0.2) is 4.79 Å². The van der Waals surface area contributed by atoms with E-state index in [1.165, 1.54) is 5.56 Å². The van der Waals surface area contributed by atoms with Crippen LogP contribution in [0, 0.1) is 0 Å². The third-order valence-corrected chi connectivity index (χ3v) is 5.64. The molecule has 0 aliphatic carbocycles. The van der Waals surface area contributed by atoms with Gasteiger partial charge in [-0.1, -0.05) is 79.7 Å². The van der Waals surface area contributed by atoms with Crippen LogP contribution in [0.1, 0.15) is 34.0 Å². The van der Waals surface area contributed by atoms with E-state index in [0.29, 0.717) is 5.56 Å². The van der Waals surface area contributed by atoms with Crippen molar-refractivity contribution >= 4 is 22.5 Å². The summed E-state index contributed by atoms with van der Waals surface area (Å²) in [6.45, 7) is 2.14. The molecule has 0 amide bonds. The molecule has 4 aromatic rings. The average Bonchev–Trinajstić information content (AvgIpc) is 2.79. The lowest BCUT2D eigenvalue weighted by Gasteiger charge is -2.09. The lowest BCUT2D eigenvalue weighted by atomic mass is 9.95. The lowest BCUT2D eigenvalue weighted by Crippen LogP contribution is -2.11. The molecule has 3 nitrogen and oxygen atoms in total. The monoisotopic (exact) mass is 408 g/mol. The van der Waals surface area contributed by atoms with Crippen molar-refractivity contribution in [3.63, 3.8) is 0 Å². The third kappa shape index (κ3) is 4.72. The summed E-state index contributed by atoms with van der Waals surface area (Å²) in [6, 6.07) is 27.6. The summed E-state index contributed by atoms with van der Waals surface area (Å²) in [7, 11) is 0. The summed E-state index contributed by atoms with van der Waals surface area (Å²) >= 11 is 0. The molecule has 0 saturated heterocycles. The molecule has 0 heterocycles. The van der Waals surface area contributed by atoms with E-state index in [1.807, 2.05) is 54.6 Å². The molecule has 0 fully saturated rings. The van der Waals surface area contributed by atoms with Crippen molar-refractivity contribution in [2.75, 3.05) is 0 Å². The number of aryl methyl sites for hydroxylation is 1. The minimum atomic E-state index is -1.01. The number of ketones is 1. The van der Waals surface area contributed by atoms with Gasteiger partial charge in [0.25, 0.3) is 0 Å². The van der Waals surface area contributed by atoms with Crippen LogP contribution in [-0.4, -0.2) is 16.9 Å². The first kappa shape index (κ1) is 20.5. The van der Waals surface area contributed by atoms with Crippen molar-refractivity contribution in [2.45, 2.75) is 26.2 Å². The molecule has 4 aromatic carbocycles. The van der Waals surface area contributed by atoms with E-state index in [4.69, 9.17) is 0 Å². The SMILES string of the molecule is CCc1ccc(-c2ccc(CC(=O)Cc3cc4ccccc4cc3C(=O)O)cc2)cc1. The summed E-state index contributed by atoms with van der Waals surface area (Å²) in [5.41, 5.74) is 5.25. The number of hydrogen-bond donors (Lipinski definition) is 1. The Morgan fingerprint density at radius 2 is 1.26 bits per heavy atom. The van der Waals surface area contributed by atoms with Crippen molar-refractivity contribution < 1.29 is 14.7 Å². The van der Waals surface area contributed by atoms with Crippen LogP contribution in [0.5, 0.6) is 0 Å². The van der Waals surface area contributed by atoms with E-state index >= 15 is 0 Å². The van der Waals surface area contributed by atoms with Gasteiger partial charge in [-0.15, -0.1) is 0 Å². The second kappa shape index (κ2) is 8.97. The summed E-state index contributed by atoms with van der Waals surface area (Å²) in [5.74, 6) is -1.01. The van der Waals surface area contributed by atoms with E-state index in [9.17, 15) is 14.7 Å². The number of carbonyl (C=O) groups is 2.